The Morgan fingerprint density at radius 2 is 1.80 bits per heavy atom. The van der Waals surface area contributed by atoms with Gasteiger partial charge >= 0.3 is 0 Å². The topological polar surface area (TPSA) is 0 Å². The van der Waals surface area contributed by atoms with E-state index in [1.165, 1.54) is 11.6 Å². The molecule has 0 N–H and O–H groups in total. The molecule has 0 heterocycles. The molecule has 0 bridgehead atoms. The molecule has 1 atom stereocenters. The second-order valence-corrected chi connectivity index (χ2v) is 6.21. The minimum absolute atomic E-state index is 0.162. The molecule has 2 aromatic carbocycles. The summed E-state index contributed by atoms with van der Waals surface area (Å²) in [5.74, 6) is 0.280. The molecule has 0 amide bonds. The highest BCUT2D eigenvalue weighted by Crippen LogP contribution is 2.21. The molecule has 106 valence electrons. The first kappa shape index (κ1) is 15.5. The van der Waals surface area contributed by atoms with Gasteiger partial charge in [-0.15, -0.1) is 0 Å². The van der Waals surface area contributed by atoms with Gasteiger partial charge in [-0.3, -0.25) is 0 Å². The lowest BCUT2D eigenvalue weighted by Crippen LogP contribution is -2.11. The van der Waals surface area contributed by atoms with E-state index in [1.54, 1.807) is 6.07 Å². The van der Waals surface area contributed by atoms with Crippen molar-refractivity contribution >= 4 is 27.5 Å². The summed E-state index contributed by atoms with van der Waals surface area (Å²) in [5, 5.41) is 1.65. The van der Waals surface area contributed by atoms with Crippen LogP contribution in [0.5, 0.6) is 0 Å². The van der Waals surface area contributed by atoms with Crippen molar-refractivity contribution in [3.63, 3.8) is 0 Å². The Hall–Kier alpha value is -0.860. The maximum atomic E-state index is 13.3. The smallest absolute Gasteiger partial charge is 0.123 e. The van der Waals surface area contributed by atoms with Crippen molar-refractivity contribution in [3.8, 4) is 0 Å². The van der Waals surface area contributed by atoms with Crippen LogP contribution in [0.25, 0.3) is 0 Å². The van der Waals surface area contributed by atoms with E-state index in [0.29, 0.717) is 5.92 Å². The zero-order valence-corrected chi connectivity index (χ0v) is 13.7. The Morgan fingerprint density at radius 1 is 1.10 bits per heavy atom. The third kappa shape index (κ3) is 4.32. The zero-order chi connectivity index (χ0) is 14.5. The summed E-state index contributed by atoms with van der Waals surface area (Å²) in [6, 6.07) is 12.9. The first-order valence-electron chi connectivity index (χ1n) is 6.64. The number of hydrogen-bond donors (Lipinski definition) is 0. The molecule has 1 unspecified atom stereocenters. The van der Waals surface area contributed by atoms with Crippen molar-refractivity contribution in [2.45, 2.75) is 19.8 Å². The molecule has 0 radical (unpaired) electrons. The van der Waals surface area contributed by atoms with E-state index in [4.69, 9.17) is 11.6 Å². The van der Waals surface area contributed by atoms with Gasteiger partial charge in [-0.05, 0) is 66.6 Å². The van der Waals surface area contributed by atoms with Crippen molar-refractivity contribution in [1.82, 2.24) is 0 Å². The van der Waals surface area contributed by atoms with Gasteiger partial charge in [0.2, 0.25) is 0 Å². The predicted molar refractivity (Wildman–Crippen MR) is 87.3 cm³/mol. The number of halogens is 3. The lowest BCUT2D eigenvalue weighted by molar-refractivity contribution is 0.580. The minimum atomic E-state index is -0.162. The maximum absolute atomic E-state index is 13.3. The molecule has 2 rings (SSSR count). The molecular weight excluding hydrogens is 339 g/mol. The van der Waals surface area contributed by atoms with Gasteiger partial charge in [0, 0.05) is 10.4 Å². The Balaban J connectivity index is 2.08. The van der Waals surface area contributed by atoms with Crippen molar-refractivity contribution in [2.24, 2.45) is 5.92 Å². The van der Waals surface area contributed by atoms with Crippen molar-refractivity contribution in [2.75, 3.05) is 5.33 Å². The highest BCUT2D eigenvalue weighted by molar-refractivity contribution is 9.09. The Labute approximate surface area is 133 Å². The molecule has 0 spiro atoms. The lowest BCUT2D eigenvalue weighted by atomic mass is 9.92. The summed E-state index contributed by atoms with van der Waals surface area (Å²) in [5.41, 5.74) is 3.49. The second kappa shape index (κ2) is 7.24. The highest BCUT2D eigenvalue weighted by Gasteiger charge is 2.12. The molecule has 0 aromatic heterocycles. The van der Waals surface area contributed by atoms with Crippen LogP contribution in [0, 0.1) is 18.7 Å². The fourth-order valence-electron chi connectivity index (χ4n) is 2.31. The van der Waals surface area contributed by atoms with E-state index in [2.05, 4.69) is 28.1 Å². The Morgan fingerprint density at radius 3 is 2.45 bits per heavy atom. The van der Waals surface area contributed by atoms with Crippen molar-refractivity contribution < 1.29 is 4.39 Å². The molecule has 0 aliphatic carbocycles. The van der Waals surface area contributed by atoms with Crippen LogP contribution in [-0.4, -0.2) is 5.33 Å². The van der Waals surface area contributed by atoms with Crippen LogP contribution in [0.15, 0.2) is 42.5 Å². The van der Waals surface area contributed by atoms with Gasteiger partial charge < -0.3 is 0 Å². The summed E-state index contributed by atoms with van der Waals surface area (Å²) in [6.07, 6.45) is 1.83. The zero-order valence-electron chi connectivity index (χ0n) is 11.4. The van der Waals surface area contributed by atoms with Gasteiger partial charge in [-0.1, -0.05) is 45.7 Å². The van der Waals surface area contributed by atoms with E-state index in [9.17, 15) is 4.39 Å². The van der Waals surface area contributed by atoms with Crippen LogP contribution < -0.4 is 0 Å². The quantitative estimate of drug-likeness (QED) is 0.614. The van der Waals surface area contributed by atoms with Crippen molar-refractivity contribution in [3.05, 3.63) is 70.0 Å². The molecule has 20 heavy (non-hydrogen) atoms. The average Bonchev–Trinajstić information content (AvgIpc) is 2.44. The highest BCUT2D eigenvalue weighted by atomic mass is 79.9. The van der Waals surface area contributed by atoms with Gasteiger partial charge in [-0.2, -0.15) is 0 Å². The van der Waals surface area contributed by atoms with Gasteiger partial charge in [0.05, 0.1) is 0 Å². The molecule has 0 fully saturated rings. The number of benzene rings is 2. The monoisotopic (exact) mass is 354 g/mol. The Kier molecular flexibility index (Phi) is 5.62. The molecule has 0 nitrogen and oxygen atoms in total. The molecule has 0 saturated heterocycles. The van der Waals surface area contributed by atoms with Crippen LogP contribution in [0.1, 0.15) is 16.7 Å². The largest absolute Gasteiger partial charge is 0.207 e. The van der Waals surface area contributed by atoms with Gasteiger partial charge in [0.15, 0.2) is 0 Å². The number of alkyl halides is 1. The number of aryl methyl sites for hydroxylation is 1. The normalized spacial score (nSPS) is 12.4. The summed E-state index contributed by atoms with van der Waals surface area (Å²) < 4.78 is 13.3. The van der Waals surface area contributed by atoms with E-state index in [1.807, 2.05) is 25.1 Å². The fourth-order valence-corrected chi connectivity index (χ4v) is 2.89. The summed E-state index contributed by atoms with van der Waals surface area (Å²) >= 11 is 9.47. The Bertz CT molecular complexity index is 566. The lowest BCUT2D eigenvalue weighted by Gasteiger charge is -2.16. The van der Waals surface area contributed by atoms with Crippen LogP contribution in [0.2, 0.25) is 5.02 Å². The van der Waals surface area contributed by atoms with Gasteiger partial charge in [-0.25, -0.2) is 4.39 Å². The summed E-state index contributed by atoms with van der Waals surface area (Å²) in [7, 11) is 0. The molecule has 0 aliphatic heterocycles. The molecule has 2 aromatic rings. The second-order valence-electron chi connectivity index (χ2n) is 5.13. The fraction of sp³-hybridized carbons (Fsp3) is 0.294. The average molecular weight is 356 g/mol. The van der Waals surface area contributed by atoms with Gasteiger partial charge in [0.1, 0.15) is 5.82 Å². The van der Waals surface area contributed by atoms with Crippen LogP contribution in [0.4, 0.5) is 4.39 Å². The summed E-state index contributed by atoms with van der Waals surface area (Å²) in [4.78, 5) is 0. The first-order valence-corrected chi connectivity index (χ1v) is 8.14. The number of hydrogen-bond acceptors (Lipinski definition) is 0. The standard InChI is InChI=1S/C17H17BrClF/c1-12-2-7-17(20)10-15(12)9-14(11-18)8-13-3-5-16(19)6-4-13/h2-7,10,14H,8-9,11H2,1H3. The molecule has 0 aliphatic rings. The van der Waals surface area contributed by atoms with E-state index < -0.39 is 0 Å². The SMILES string of the molecule is Cc1ccc(F)cc1CC(CBr)Cc1ccc(Cl)cc1. The molecule has 0 saturated carbocycles. The number of rotatable bonds is 5. The van der Waals surface area contributed by atoms with E-state index in [-0.39, 0.29) is 5.82 Å². The summed E-state index contributed by atoms with van der Waals surface area (Å²) in [6.45, 7) is 2.03. The predicted octanol–water partition coefficient (Wildman–Crippen LogP) is 5.58. The molecule has 3 heteroatoms. The van der Waals surface area contributed by atoms with E-state index >= 15 is 0 Å². The van der Waals surface area contributed by atoms with Crippen LogP contribution in [-0.2, 0) is 12.8 Å². The van der Waals surface area contributed by atoms with Gasteiger partial charge in [0.25, 0.3) is 0 Å². The van der Waals surface area contributed by atoms with E-state index in [0.717, 1.165) is 34.3 Å². The van der Waals surface area contributed by atoms with Crippen LogP contribution >= 0.6 is 27.5 Å². The molecular formula is C17H17BrClF. The third-order valence-electron chi connectivity index (χ3n) is 3.48. The third-order valence-corrected chi connectivity index (χ3v) is 4.64. The maximum Gasteiger partial charge on any atom is 0.123 e. The van der Waals surface area contributed by atoms with Crippen LogP contribution in [0.3, 0.4) is 0 Å². The van der Waals surface area contributed by atoms with Crippen molar-refractivity contribution in [1.29, 1.82) is 0 Å². The first-order chi connectivity index (χ1) is 9.58. The minimum Gasteiger partial charge on any atom is -0.207 e.